The van der Waals surface area contributed by atoms with Crippen LogP contribution in [0.15, 0.2) is 0 Å². The number of hydrogen-bond donors (Lipinski definition) is 2. The lowest BCUT2D eigenvalue weighted by atomic mass is 10.1. The maximum absolute atomic E-state index is 10.6. The maximum atomic E-state index is 10.6. The van der Waals surface area contributed by atoms with Crippen LogP contribution in [-0.4, -0.2) is 40.6 Å². The van der Waals surface area contributed by atoms with Crippen molar-refractivity contribution >= 4 is 14.9 Å². The van der Waals surface area contributed by atoms with Gasteiger partial charge in [-0.05, 0) is 32.1 Å². The van der Waals surface area contributed by atoms with Crippen molar-refractivity contribution in [3.05, 3.63) is 0 Å². The van der Waals surface area contributed by atoms with E-state index in [1.807, 2.05) is 0 Å². The Morgan fingerprint density at radius 1 is 0.455 bits per heavy atom. The van der Waals surface area contributed by atoms with Gasteiger partial charge in [0.2, 0.25) is 0 Å². The van der Waals surface area contributed by atoms with Gasteiger partial charge in [-0.25, -0.2) is 0 Å². The van der Waals surface area contributed by atoms with E-state index in [-0.39, 0.29) is 6.16 Å². The Hall–Kier alpha value is 0.580. The molecule has 0 aromatic rings. The molecule has 0 aliphatic heterocycles. The fourth-order valence-corrected chi connectivity index (χ4v) is 10.4. The van der Waals surface area contributed by atoms with Crippen molar-refractivity contribution in [3.8, 4) is 0 Å². The first-order chi connectivity index (χ1) is 15.8. The average Bonchev–Trinajstić information content (AvgIpc) is 2.79. The van der Waals surface area contributed by atoms with Gasteiger partial charge in [0.25, 0.3) is 0 Å². The van der Waals surface area contributed by atoms with Crippen LogP contribution in [0.2, 0.25) is 0 Å². The molecule has 0 radical (unpaired) electrons. The molecule has 5 heteroatoms. The molecule has 0 aromatic carbocycles. The monoisotopic (exact) mass is 509 g/mol. The zero-order chi connectivity index (χ0) is 25.3. The lowest BCUT2D eigenvalue weighted by molar-refractivity contribution is 0.370. The Morgan fingerprint density at radius 3 is 1.00 bits per heavy atom. The summed E-state index contributed by atoms with van der Waals surface area (Å²) in [6.07, 6.45) is 29.9. The molecule has 0 bridgehead atoms. The van der Waals surface area contributed by atoms with E-state index in [2.05, 4.69) is 34.6 Å². The number of hydrogen-bond acceptors (Lipinski definition) is 1. The van der Waals surface area contributed by atoms with E-state index in [0.717, 1.165) is 12.8 Å². The summed E-state index contributed by atoms with van der Waals surface area (Å²) in [5.74, 6) is 0. The van der Waals surface area contributed by atoms with Crippen LogP contribution in [-0.2, 0) is 4.57 Å². The highest BCUT2D eigenvalue weighted by atomic mass is 31.2. The molecule has 0 saturated carbocycles. The molecule has 0 atom stereocenters. The minimum absolute atomic E-state index is 0.0590. The van der Waals surface area contributed by atoms with Crippen LogP contribution in [0.1, 0.15) is 150 Å². The summed E-state index contributed by atoms with van der Waals surface area (Å²) in [7, 11) is -4.30. The third kappa shape index (κ3) is 27.0. The Balaban J connectivity index is 0. The van der Waals surface area contributed by atoms with E-state index in [1.54, 1.807) is 24.6 Å². The molecule has 0 unspecified atom stereocenters. The molecular formula is C28H63O3P2+. The quantitative estimate of drug-likeness (QED) is 0.106. The second kappa shape index (κ2) is 25.7. The van der Waals surface area contributed by atoms with Gasteiger partial charge in [-0.3, -0.25) is 4.57 Å². The molecule has 0 aliphatic carbocycles. The predicted molar refractivity (Wildman–Crippen MR) is 155 cm³/mol. The van der Waals surface area contributed by atoms with Crippen molar-refractivity contribution in [2.75, 3.05) is 30.8 Å². The van der Waals surface area contributed by atoms with Gasteiger partial charge in [-0.2, -0.15) is 0 Å². The Kier molecular flexibility index (Phi) is 27.8. The maximum Gasteiger partial charge on any atom is 0.325 e. The summed E-state index contributed by atoms with van der Waals surface area (Å²) in [6, 6.07) is 0. The highest BCUT2D eigenvalue weighted by molar-refractivity contribution is 7.75. The number of rotatable bonds is 23. The molecule has 2 N–H and O–H groups in total. The Bertz CT molecular complexity index is 386. The Morgan fingerprint density at radius 2 is 0.727 bits per heavy atom. The zero-order valence-electron chi connectivity index (χ0n) is 23.5. The van der Waals surface area contributed by atoms with Crippen molar-refractivity contribution in [2.24, 2.45) is 0 Å². The molecule has 0 heterocycles. The highest BCUT2D eigenvalue weighted by Crippen LogP contribution is 2.61. The van der Waals surface area contributed by atoms with Crippen LogP contribution in [0.5, 0.6) is 0 Å². The van der Waals surface area contributed by atoms with Gasteiger partial charge >= 0.3 is 7.60 Å². The molecule has 0 saturated heterocycles. The molecule has 33 heavy (non-hydrogen) atoms. The summed E-state index contributed by atoms with van der Waals surface area (Å²) < 4.78 is 10.6. The normalized spacial score (nSPS) is 12.0. The molecule has 3 nitrogen and oxygen atoms in total. The van der Waals surface area contributed by atoms with Gasteiger partial charge in [-0.15, -0.1) is 0 Å². The predicted octanol–water partition coefficient (Wildman–Crippen LogP) is 10.3. The first-order valence-corrected chi connectivity index (χ1v) is 19.0. The van der Waals surface area contributed by atoms with Gasteiger partial charge in [0.1, 0.15) is 0 Å². The molecule has 0 fully saturated rings. The number of unbranched alkanes of at least 4 members (excludes halogenated alkanes) is 13. The fraction of sp³-hybridized carbons (Fsp3) is 1.00. The van der Waals surface area contributed by atoms with Crippen molar-refractivity contribution in [3.63, 3.8) is 0 Å². The molecule has 0 spiro atoms. The third-order valence-corrected chi connectivity index (χ3v) is 12.7. The molecule has 0 amide bonds. The van der Waals surface area contributed by atoms with Crippen molar-refractivity contribution < 1.29 is 14.4 Å². The van der Waals surface area contributed by atoms with Crippen LogP contribution >= 0.6 is 14.9 Å². The van der Waals surface area contributed by atoms with Crippen LogP contribution in [0.3, 0.4) is 0 Å². The summed E-state index contributed by atoms with van der Waals surface area (Å²) >= 11 is 0. The summed E-state index contributed by atoms with van der Waals surface area (Å²) in [4.78, 5) is 17.3. The first kappa shape index (κ1) is 35.7. The zero-order valence-corrected chi connectivity index (χ0v) is 25.2. The second-order valence-electron chi connectivity index (χ2n) is 10.2. The van der Waals surface area contributed by atoms with E-state index in [9.17, 15) is 4.57 Å². The van der Waals surface area contributed by atoms with E-state index in [1.165, 1.54) is 96.3 Å². The summed E-state index contributed by atoms with van der Waals surface area (Å²) in [5, 5.41) is 0. The molecule has 0 aromatic heterocycles. The third-order valence-electron chi connectivity index (χ3n) is 6.75. The van der Waals surface area contributed by atoms with Crippen LogP contribution < -0.4 is 0 Å². The van der Waals surface area contributed by atoms with E-state index in [0.29, 0.717) is 6.42 Å². The standard InChI is InChI=1S/C16H36P.C12H27O3P/c1-5-9-13-17(14-10-6-2,15-11-7-3)16-12-8-4;1-2-3-4-5-6-7-8-9-10-11-12-16(13,14)15/h5-16H2,1-4H3;2-12H2,1H3,(H2,13,14,15)/q+1;. The van der Waals surface area contributed by atoms with Crippen LogP contribution in [0.4, 0.5) is 0 Å². The summed E-state index contributed by atoms with van der Waals surface area (Å²) in [5.41, 5.74) is 0. The minimum atomic E-state index is -3.74. The van der Waals surface area contributed by atoms with Gasteiger partial charge in [-0.1, -0.05) is 118 Å². The average molecular weight is 510 g/mol. The Labute approximate surface area is 210 Å². The van der Waals surface area contributed by atoms with E-state index in [4.69, 9.17) is 9.79 Å². The van der Waals surface area contributed by atoms with Crippen molar-refractivity contribution in [1.82, 2.24) is 0 Å². The first-order valence-electron chi connectivity index (χ1n) is 14.7. The SMILES string of the molecule is CCCCCCCCCCCCP(=O)(O)O.CCCC[P+](CCCC)(CCCC)CCCC. The largest absolute Gasteiger partial charge is 0.325 e. The topological polar surface area (TPSA) is 57.5 Å². The van der Waals surface area contributed by atoms with Crippen molar-refractivity contribution in [2.45, 2.75) is 150 Å². The van der Waals surface area contributed by atoms with Gasteiger partial charge in [0.15, 0.2) is 0 Å². The van der Waals surface area contributed by atoms with Crippen molar-refractivity contribution in [1.29, 1.82) is 0 Å². The fourth-order valence-electron chi connectivity index (χ4n) is 4.45. The molecule has 0 aliphatic rings. The van der Waals surface area contributed by atoms with Gasteiger partial charge in [0.05, 0.1) is 24.6 Å². The van der Waals surface area contributed by atoms with Crippen LogP contribution in [0.25, 0.3) is 0 Å². The lowest BCUT2D eigenvalue weighted by Crippen LogP contribution is -2.12. The smallest absolute Gasteiger partial charge is 0.324 e. The van der Waals surface area contributed by atoms with Gasteiger partial charge < -0.3 is 9.79 Å². The minimum Gasteiger partial charge on any atom is -0.324 e. The summed E-state index contributed by atoms with van der Waals surface area (Å²) in [6.45, 7) is 11.6. The van der Waals surface area contributed by atoms with E-state index < -0.39 is 14.9 Å². The van der Waals surface area contributed by atoms with E-state index >= 15 is 0 Å². The van der Waals surface area contributed by atoms with Gasteiger partial charge in [0, 0.05) is 13.4 Å². The molecule has 0 rings (SSSR count). The lowest BCUT2D eigenvalue weighted by Gasteiger charge is -2.28. The highest BCUT2D eigenvalue weighted by Gasteiger charge is 2.34. The second-order valence-corrected chi connectivity index (χ2v) is 16.5. The molecular weight excluding hydrogens is 446 g/mol. The molecule has 202 valence electrons. The van der Waals surface area contributed by atoms with Crippen LogP contribution in [0, 0.1) is 0 Å².